The Balaban J connectivity index is 2.22. The molecule has 0 bridgehead atoms. The summed E-state index contributed by atoms with van der Waals surface area (Å²) in [5.41, 5.74) is 5.04. The van der Waals surface area contributed by atoms with Crippen molar-refractivity contribution in [1.29, 1.82) is 0 Å². The summed E-state index contributed by atoms with van der Waals surface area (Å²) in [5.74, 6) is 0. The molecule has 0 amide bonds. The molecule has 0 aliphatic heterocycles. The Hall–Kier alpha value is -1.89. The monoisotopic (exact) mass is 391 g/mol. The van der Waals surface area contributed by atoms with Crippen LogP contribution in [-0.2, 0) is 6.42 Å². The van der Waals surface area contributed by atoms with Crippen LogP contribution in [0.2, 0.25) is 0 Å². The third-order valence-corrected chi connectivity index (χ3v) is 6.06. The molecular formula is C28H41N. The van der Waals surface area contributed by atoms with E-state index < -0.39 is 0 Å². The lowest BCUT2D eigenvalue weighted by atomic mass is 9.91. The van der Waals surface area contributed by atoms with Gasteiger partial charge in [0.15, 0.2) is 0 Å². The third-order valence-electron chi connectivity index (χ3n) is 6.06. The molecule has 2 aromatic rings. The van der Waals surface area contributed by atoms with Crippen LogP contribution in [0.25, 0.3) is 0 Å². The van der Waals surface area contributed by atoms with Crippen molar-refractivity contribution >= 4 is 5.71 Å². The summed E-state index contributed by atoms with van der Waals surface area (Å²) in [6, 6.07) is 19.9. The number of hydrogen-bond donors (Lipinski definition) is 0. The predicted molar refractivity (Wildman–Crippen MR) is 129 cm³/mol. The van der Waals surface area contributed by atoms with Crippen LogP contribution >= 0.6 is 0 Å². The van der Waals surface area contributed by atoms with E-state index in [1.165, 1.54) is 68.1 Å². The van der Waals surface area contributed by atoms with Gasteiger partial charge >= 0.3 is 0 Å². The third kappa shape index (κ3) is 7.80. The molecular weight excluding hydrogens is 350 g/mol. The Labute approximate surface area is 179 Å². The van der Waals surface area contributed by atoms with Crippen LogP contribution in [0.4, 0.5) is 0 Å². The lowest BCUT2D eigenvalue weighted by Gasteiger charge is -2.25. The van der Waals surface area contributed by atoms with Crippen LogP contribution in [0.5, 0.6) is 0 Å². The molecule has 1 nitrogen and oxygen atoms in total. The largest absolute Gasteiger partial charge is 0.278 e. The van der Waals surface area contributed by atoms with Crippen molar-refractivity contribution in [2.45, 2.75) is 97.4 Å². The molecule has 0 fully saturated rings. The molecule has 0 saturated heterocycles. The van der Waals surface area contributed by atoms with E-state index >= 15 is 0 Å². The van der Waals surface area contributed by atoms with Gasteiger partial charge in [-0.2, -0.15) is 0 Å². The molecule has 0 saturated carbocycles. The van der Waals surface area contributed by atoms with Crippen LogP contribution in [0.15, 0.2) is 59.6 Å². The molecule has 0 heterocycles. The second kappa shape index (κ2) is 12.6. The maximum atomic E-state index is 5.35. The molecule has 0 aliphatic carbocycles. The highest BCUT2D eigenvalue weighted by Crippen LogP contribution is 2.26. The zero-order valence-corrected chi connectivity index (χ0v) is 19.2. The second-order valence-electron chi connectivity index (χ2n) is 8.64. The summed E-state index contributed by atoms with van der Waals surface area (Å²) in [4.78, 5) is 5.35. The number of aliphatic imine (C=N–C) groups is 1. The summed E-state index contributed by atoms with van der Waals surface area (Å²) in [6.45, 7) is 9.12. The maximum absolute atomic E-state index is 5.35. The fraction of sp³-hybridized carbons (Fsp3) is 0.536. The topological polar surface area (TPSA) is 12.4 Å². The molecule has 0 spiro atoms. The first-order valence-corrected chi connectivity index (χ1v) is 11.9. The molecule has 2 rings (SSSR count). The minimum Gasteiger partial charge on any atom is -0.278 e. The Bertz CT molecular complexity index is 714. The predicted octanol–water partition coefficient (Wildman–Crippen LogP) is 8.40. The van der Waals surface area contributed by atoms with Gasteiger partial charge in [0.25, 0.3) is 0 Å². The van der Waals surface area contributed by atoms with Crippen LogP contribution in [0, 0.1) is 0 Å². The smallest absolute Gasteiger partial charge is 0.0725 e. The van der Waals surface area contributed by atoms with Gasteiger partial charge in [-0.25, -0.2) is 0 Å². The van der Waals surface area contributed by atoms with Crippen LogP contribution in [0.3, 0.4) is 0 Å². The van der Waals surface area contributed by atoms with Crippen molar-refractivity contribution < 1.29 is 0 Å². The number of benzene rings is 2. The van der Waals surface area contributed by atoms with Gasteiger partial charge in [-0.3, -0.25) is 4.99 Å². The Morgan fingerprint density at radius 1 is 0.724 bits per heavy atom. The van der Waals surface area contributed by atoms with E-state index in [9.17, 15) is 0 Å². The van der Waals surface area contributed by atoms with E-state index in [-0.39, 0.29) is 5.54 Å². The molecule has 0 aliphatic rings. The van der Waals surface area contributed by atoms with E-state index in [2.05, 4.69) is 82.3 Å². The first-order valence-electron chi connectivity index (χ1n) is 11.9. The number of unbranched alkanes of at least 4 members (excludes halogenated alkanes) is 5. The first-order chi connectivity index (χ1) is 14.1. The maximum Gasteiger partial charge on any atom is 0.0725 e. The van der Waals surface area contributed by atoms with Crippen molar-refractivity contribution in [2.75, 3.05) is 0 Å². The normalized spacial score (nSPS) is 14.0. The molecule has 0 N–H and O–H groups in total. The van der Waals surface area contributed by atoms with E-state index in [1.54, 1.807) is 0 Å². The van der Waals surface area contributed by atoms with Crippen molar-refractivity contribution in [2.24, 2.45) is 4.99 Å². The zero-order valence-electron chi connectivity index (χ0n) is 19.2. The summed E-state index contributed by atoms with van der Waals surface area (Å²) < 4.78 is 0. The van der Waals surface area contributed by atoms with Gasteiger partial charge in [0, 0.05) is 11.1 Å². The van der Waals surface area contributed by atoms with Gasteiger partial charge in [-0.15, -0.1) is 0 Å². The Morgan fingerprint density at radius 3 is 1.97 bits per heavy atom. The molecule has 2 aromatic carbocycles. The second-order valence-corrected chi connectivity index (χ2v) is 8.64. The fourth-order valence-electron chi connectivity index (χ4n) is 3.79. The van der Waals surface area contributed by atoms with Crippen molar-refractivity contribution in [3.63, 3.8) is 0 Å². The average Bonchev–Trinajstić information content (AvgIpc) is 2.77. The van der Waals surface area contributed by atoms with Crippen LogP contribution in [-0.4, -0.2) is 11.3 Å². The minimum atomic E-state index is -0.000859. The summed E-state index contributed by atoms with van der Waals surface area (Å²) in [6.07, 6.45) is 12.5. The van der Waals surface area contributed by atoms with Gasteiger partial charge in [-0.1, -0.05) is 114 Å². The van der Waals surface area contributed by atoms with Crippen molar-refractivity contribution in [3.05, 3.63) is 71.3 Å². The number of nitrogens with zero attached hydrogens (tertiary/aromatic N) is 1. The van der Waals surface area contributed by atoms with E-state index in [1.807, 2.05) is 0 Å². The van der Waals surface area contributed by atoms with Gasteiger partial charge in [0.1, 0.15) is 0 Å². The quantitative estimate of drug-likeness (QED) is 0.240. The molecule has 0 aromatic heterocycles. The molecule has 29 heavy (non-hydrogen) atoms. The zero-order chi connectivity index (χ0) is 21.0. The number of aryl methyl sites for hydroxylation is 1. The molecule has 0 radical (unpaired) electrons. The molecule has 1 atom stereocenters. The molecule has 158 valence electrons. The highest BCUT2D eigenvalue weighted by atomic mass is 14.9. The number of rotatable bonds is 13. The summed E-state index contributed by atoms with van der Waals surface area (Å²) in [5, 5.41) is 0. The Morgan fingerprint density at radius 2 is 1.34 bits per heavy atom. The number of hydrogen-bond acceptors (Lipinski definition) is 1. The molecule has 1 heteroatoms. The summed E-state index contributed by atoms with van der Waals surface area (Å²) >= 11 is 0. The van der Waals surface area contributed by atoms with Gasteiger partial charge in [-0.05, 0) is 38.2 Å². The SMILES string of the molecule is CCCCCCCc1ccc(/C(=N/C(C)(CC)CCCC)c2ccccc2)cc1. The van der Waals surface area contributed by atoms with Crippen LogP contribution in [0.1, 0.15) is 102 Å². The van der Waals surface area contributed by atoms with Crippen LogP contribution < -0.4 is 0 Å². The lowest BCUT2D eigenvalue weighted by Crippen LogP contribution is -2.24. The standard InChI is InChI=1S/C28H41N/c1-5-8-10-11-13-16-24-19-21-26(22-20-24)27(25-17-14-12-15-18-25)29-28(4,7-3)23-9-6-2/h12,14-15,17-22H,5-11,13,16,23H2,1-4H3/b29-27+. The first kappa shape index (κ1) is 23.4. The highest BCUT2D eigenvalue weighted by molar-refractivity contribution is 6.13. The Kier molecular flexibility index (Phi) is 10.2. The molecule has 1 unspecified atom stereocenters. The van der Waals surface area contributed by atoms with E-state index in [0.717, 1.165) is 18.6 Å². The van der Waals surface area contributed by atoms with Crippen molar-refractivity contribution in [3.8, 4) is 0 Å². The van der Waals surface area contributed by atoms with Gasteiger partial charge < -0.3 is 0 Å². The van der Waals surface area contributed by atoms with E-state index in [0.29, 0.717) is 0 Å². The van der Waals surface area contributed by atoms with Gasteiger partial charge in [0.05, 0.1) is 11.3 Å². The fourth-order valence-corrected chi connectivity index (χ4v) is 3.79. The van der Waals surface area contributed by atoms with Gasteiger partial charge in [0.2, 0.25) is 0 Å². The minimum absolute atomic E-state index is 0.000859. The van der Waals surface area contributed by atoms with E-state index in [4.69, 9.17) is 4.99 Å². The average molecular weight is 392 g/mol. The lowest BCUT2D eigenvalue weighted by molar-refractivity contribution is 0.407. The highest BCUT2D eigenvalue weighted by Gasteiger charge is 2.22. The summed E-state index contributed by atoms with van der Waals surface area (Å²) in [7, 11) is 0. The van der Waals surface area contributed by atoms with Crippen molar-refractivity contribution in [1.82, 2.24) is 0 Å².